The number of amides is 2. The van der Waals surface area contributed by atoms with Crippen LogP contribution in [-0.4, -0.2) is 64.9 Å². The van der Waals surface area contributed by atoms with Gasteiger partial charge in [-0.25, -0.2) is 14.8 Å². The average molecular weight is 498 g/mol. The Bertz CT molecular complexity index is 1340. The maximum Gasteiger partial charge on any atom is 0.319 e. The second-order valence-electron chi connectivity index (χ2n) is 8.25. The van der Waals surface area contributed by atoms with E-state index < -0.39 is 10.3 Å². The fraction of sp³-hybridized carbons (Fsp3) is 0.348. The number of nitrogens with one attached hydrogen (secondary N) is 2. The van der Waals surface area contributed by atoms with Crippen LogP contribution in [0.4, 0.5) is 16.3 Å². The molecule has 1 aromatic carbocycles. The molecule has 1 saturated heterocycles. The second kappa shape index (κ2) is 10.7. The van der Waals surface area contributed by atoms with Crippen molar-refractivity contribution in [3.63, 3.8) is 0 Å². The molecule has 0 spiro atoms. The van der Waals surface area contributed by atoms with Crippen LogP contribution in [0.3, 0.4) is 0 Å². The van der Waals surface area contributed by atoms with E-state index >= 15 is 0 Å². The Morgan fingerprint density at radius 1 is 1.23 bits per heavy atom. The minimum atomic E-state index is -2.40. The summed E-state index contributed by atoms with van der Waals surface area (Å²) in [7, 11) is -0.586. The lowest BCUT2D eigenvalue weighted by atomic mass is 10.1. The highest BCUT2D eigenvalue weighted by Gasteiger charge is 2.22. The molecule has 1 aliphatic heterocycles. The summed E-state index contributed by atoms with van der Waals surface area (Å²) in [5.41, 5.74) is 2.53. The number of anilines is 2. The summed E-state index contributed by atoms with van der Waals surface area (Å²) in [5, 5.41) is 9.64. The fourth-order valence-corrected chi connectivity index (χ4v) is 3.94. The van der Waals surface area contributed by atoms with E-state index in [-0.39, 0.29) is 16.9 Å². The Morgan fingerprint density at radius 2 is 2.00 bits per heavy atom. The number of aryl methyl sites for hydroxylation is 1. The molecule has 0 unspecified atom stereocenters. The Kier molecular flexibility index (Phi) is 7.42. The Morgan fingerprint density at radius 3 is 2.66 bits per heavy atom. The van der Waals surface area contributed by atoms with Crippen molar-refractivity contribution in [1.29, 1.82) is 0 Å². The summed E-state index contributed by atoms with van der Waals surface area (Å²) < 4.78 is 30.4. The number of benzene rings is 1. The molecule has 0 aliphatic carbocycles. The number of carbonyl (C=O) groups excluding carboxylic acids is 1. The molecule has 1 atom stereocenters. The molecule has 184 valence electrons. The molecule has 3 aromatic rings. The number of morpholine rings is 1. The Labute approximate surface area is 204 Å². The molecule has 4 rings (SSSR count). The van der Waals surface area contributed by atoms with Gasteiger partial charge in [-0.1, -0.05) is 0 Å². The fourth-order valence-electron chi connectivity index (χ4n) is 3.67. The maximum atomic E-state index is 12.2. The molecular formula is C23H27N7O4S. The SMILES string of the molecule is CC(c1cc(N2CCOC[C@@H]2C)nc(-c2ccc(NC(=O)NCc3cnn(C)c3)cc2)n1)=S(=O)=O. The molecule has 0 bridgehead atoms. The van der Waals surface area contributed by atoms with Gasteiger partial charge in [-0.05, 0) is 38.1 Å². The van der Waals surface area contributed by atoms with Crippen molar-refractivity contribution in [2.24, 2.45) is 7.05 Å². The summed E-state index contributed by atoms with van der Waals surface area (Å²) in [4.78, 5) is 23.7. The standard InChI is InChI=1S/C23H27N7O4S/c1-15-14-34-9-8-30(15)21-10-20(16(2)35(32)33)27-22(28-21)18-4-6-19(7-5-18)26-23(31)24-11-17-12-25-29(3)13-17/h4-7,10,12-13,15H,8-9,11,14H2,1-3H3,(H2,24,26,31)/t15-/m0/s1. The van der Waals surface area contributed by atoms with E-state index in [0.29, 0.717) is 54.9 Å². The maximum absolute atomic E-state index is 12.2. The molecule has 2 N–H and O–H groups in total. The van der Waals surface area contributed by atoms with Crippen molar-refractivity contribution in [3.8, 4) is 11.4 Å². The molecule has 0 radical (unpaired) electrons. The van der Waals surface area contributed by atoms with Crippen LogP contribution >= 0.6 is 0 Å². The highest BCUT2D eigenvalue weighted by atomic mass is 32.2. The topological polar surface area (TPSA) is 131 Å². The molecule has 11 nitrogen and oxygen atoms in total. The molecular weight excluding hydrogens is 470 g/mol. The third kappa shape index (κ3) is 6.03. The van der Waals surface area contributed by atoms with Crippen LogP contribution in [0.15, 0.2) is 42.7 Å². The lowest BCUT2D eigenvalue weighted by Gasteiger charge is -2.34. The van der Waals surface area contributed by atoms with Gasteiger partial charge in [-0.2, -0.15) is 13.5 Å². The number of urea groups is 1. The number of ether oxygens (including phenoxy) is 1. The molecule has 2 amide bonds. The van der Waals surface area contributed by atoms with Crippen molar-refractivity contribution >= 4 is 32.7 Å². The van der Waals surface area contributed by atoms with Crippen molar-refractivity contribution < 1.29 is 17.9 Å². The summed E-state index contributed by atoms with van der Waals surface area (Å²) in [6.45, 7) is 5.68. The highest BCUT2D eigenvalue weighted by molar-refractivity contribution is 7.73. The van der Waals surface area contributed by atoms with Crippen molar-refractivity contribution in [2.45, 2.75) is 26.4 Å². The first-order valence-corrected chi connectivity index (χ1v) is 12.2. The Balaban J connectivity index is 1.54. The van der Waals surface area contributed by atoms with Gasteiger partial charge in [-0.15, -0.1) is 0 Å². The van der Waals surface area contributed by atoms with Gasteiger partial charge in [0.15, 0.2) is 5.82 Å². The monoisotopic (exact) mass is 497 g/mol. The predicted octanol–water partition coefficient (Wildman–Crippen LogP) is 1.84. The molecule has 0 saturated carbocycles. The molecule has 1 aliphatic rings. The number of hydrogen-bond acceptors (Lipinski definition) is 8. The number of nitrogens with zero attached hydrogens (tertiary/aromatic N) is 5. The lowest BCUT2D eigenvalue weighted by molar-refractivity contribution is 0.0985. The molecule has 12 heteroatoms. The number of aromatic nitrogens is 4. The zero-order valence-corrected chi connectivity index (χ0v) is 20.5. The number of hydrogen-bond donors (Lipinski definition) is 2. The third-order valence-corrected chi connectivity index (χ3v) is 6.31. The van der Waals surface area contributed by atoms with Crippen LogP contribution in [0, 0.1) is 0 Å². The molecule has 35 heavy (non-hydrogen) atoms. The summed E-state index contributed by atoms with van der Waals surface area (Å²) >= 11 is 0. The first-order valence-electron chi connectivity index (χ1n) is 11.1. The predicted molar refractivity (Wildman–Crippen MR) is 133 cm³/mol. The van der Waals surface area contributed by atoms with Gasteiger partial charge in [0, 0.05) is 49.2 Å². The van der Waals surface area contributed by atoms with Crippen molar-refractivity contribution in [1.82, 2.24) is 25.1 Å². The minimum absolute atomic E-state index is 0.0918. The molecule has 1 fully saturated rings. The van der Waals surface area contributed by atoms with Crippen LogP contribution in [0.5, 0.6) is 0 Å². The summed E-state index contributed by atoms with van der Waals surface area (Å²) in [6, 6.07) is 8.50. The van der Waals surface area contributed by atoms with Gasteiger partial charge in [0.05, 0.1) is 36.0 Å². The van der Waals surface area contributed by atoms with Gasteiger partial charge in [0.25, 0.3) is 0 Å². The van der Waals surface area contributed by atoms with E-state index in [4.69, 9.17) is 9.72 Å². The zero-order chi connectivity index (χ0) is 24.9. The quantitative estimate of drug-likeness (QED) is 0.390. The first-order chi connectivity index (χ1) is 16.8. The van der Waals surface area contributed by atoms with Crippen molar-refractivity contribution in [2.75, 3.05) is 30.0 Å². The van der Waals surface area contributed by atoms with Gasteiger partial charge >= 0.3 is 6.03 Å². The number of rotatable bonds is 6. The van der Waals surface area contributed by atoms with E-state index in [2.05, 4.69) is 25.6 Å². The van der Waals surface area contributed by atoms with E-state index in [1.54, 1.807) is 41.2 Å². The molecule has 3 heterocycles. The normalized spacial score (nSPS) is 15.5. The number of carbonyl (C=O) groups is 1. The third-order valence-electron chi connectivity index (χ3n) is 5.60. The smallest absolute Gasteiger partial charge is 0.319 e. The van der Waals surface area contributed by atoms with Gasteiger partial charge in [0.1, 0.15) is 5.82 Å². The lowest BCUT2D eigenvalue weighted by Crippen LogP contribution is -2.44. The van der Waals surface area contributed by atoms with Crippen LogP contribution in [-0.2, 0) is 28.6 Å². The largest absolute Gasteiger partial charge is 0.377 e. The van der Waals surface area contributed by atoms with Crippen LogP contribution < -0.4 is 15.5 Å². The van der Waals surface area contributed by atoms with Crippen LogP contribution in [0.25, 0.3) is 11.4 Å². The average Bonchev–Trinajstić information content (AvgIpc) is 3.27. The van der Waals surface area contributed by atoms with Crippen molar-refractivity contribution in [3.05, 3.63) is 54.0 Å². The van der Waals surface area contributed by atoms with E-state index in [9.17, 15) is 13.2 Å². The van der Waals surface area contributed by atoms with E-state index in [1.807, 2.05) is 20.2 Å². The zero-order valence-electron chi connectivity index (χ0n) is 19.7. The highest BCUT2D eigenvalue weighted by Crippen LogP contribution is 2.24. The minimum Gasteiger partial charge on any atom is -0.377 e. The van der Waals surface area contributed by atoms with Gasteiger partial charge in [0.2, 0.25) is 10.3 Å². The van der Waals surface area contributed by atoms with Crippen LogP contribution in [0.2, 0.25) is 0 Å². The molecule has 2 aromatic heterocycles. The van der Waals surface area contributed by atoms with Gasteiger partial charge in [-0.3, -0.25) is 4.68 Å². The second-order valence-corrected chi connectivity index (χ2v) is 9.33. The van der Waals surface area contributed by atoms with E-state index in [0.717, 1.165) is 5.56 Å². The summed E-state index contributed by atoms with van der Waals surface area (Å²) in [6.07, 6.45) is 3.52. The summed E-state index contributed by atoms with van der Waals surface area (Å²) in [5.74, 6) is 1.04. The van der Waals surface area contributed by atoms with Gasteiger partial charge < -0.3 is 20.3 Å². The first kappa shape index (κ1) is 24.4. The van der Waals surface area contributed by atoms with E-state index in [1.165, 1.54) is 6.92 Å². The van der Waals surface area contributed by atoms with Crippen LogP contribution in [0.1, 0.15) is 25.1 Å². The Hall–Kier alpha value is -3.77.